The molecular weight excluding hydrogens is 388 g/mol. The zero-order valence-electron chi connectivity index (χ0n) is 16.6. The third-order valence-electron chi connectivity index (χ3n) is 4.09. The molecular formula is C21H22N4O5. The molecule has 156 valence electrons. The van der Waals surface area contributed by atoms with Crippen LogP contribution in [-0.2, 0) is 9.47 Å². The van der Waals surface area contributed by atoms with Crippen LogP contribution in [0.4, 0.5) is 21.0 Å². The number of H-pyrrole nitrogens is 1. The SMILES string of the molecule is CCOC(=O)NN(C(=O)Nc1ccccc1)c1c(C(=O)OCC)[nH]c2ccccc12. The molecule has 1 aromatic heterocycles. The summed E-state index contributed by atoms with van der Waals surface area (Å²) in [4.78, 5) is 40.8. The number of esters is 1. The molecule has 0 aliphatic carbocycles. The number of carbonyl (C=O) groups is 3. The minimum Gasteiger partial charge on any atom is -0.461 e. The lowest BCUT2D eigenvalue weighted by Gasteiger charge is -2.23. The summed E-state index contributed by atoms with van der Waals surface area (Å²) in [5, 5.41) is 4.17. The van der Waals surface area contributed by atoms with Crippen molar-refractivity contribution in [2.45, 2.75) is 13.8 Å². The number of benzene rings is 2. The number of hydrogen-bond donors (Lipinski definition) is 3. The number of fused-ring (bicyclic) bond motifs is 1. The summed E-state index contributed by atoms with van der Waals surface area (Å²) in [6, 6.07) is 15.0. The summed E-state index contributed by atoms with van der Waals surface area (Å²) in [6.45, 7) is 3.58. The first-order chi connectivity index (χ1) is 14.5. The predicted molar refractivity (Wildman–Crippen MR) is 112 cm³/mol. The minimum atomic E-state index is -0.846. The summed E-state index contributed by atoms with van der Waals surface area (Å²) in [7, 11) is 0. The fourth-order valence-corrected chi connectivity index (χ4v) is 2.87. The Bertz CT molecular complexity index is 1050. The molecule has 3 aromatic rings. The van der Waals surface area contributed by atoms with Gasteiger partial charge in [-0.15, -0.1) is 0 Å². The molecule has 0 aliphatic heterocycles. The van der Waals surface area contributed by atoms with Crippen LogP contribution in [0.5, 0.6) is 0 Å². The second-order valence-corrected chi connectivity index (χ2v) is 6.08. The van der Waals surface area contributed by atoms with Gasteiger partial charge in [0.25, 0.3) is 0 Å². The lowest BCUT2D eigenvalue weighted by molar-refractivity contribution is 0.0521. The molecule has 1 heterocycles. The van der Waals surface area contributed by atoms with E-state index in [0.717, 1.165) is 5.01 Å². The minimum absolute atomic E-state index is 0.0260. The molecule has 0 aliphatic rings. The van der Waals surface area contributed by atoms with E-state index in [-0.39, 0.29) is 24.6 Å². The Labute approximate surface area is 172 Å². The van der Waals surface area contributed by atoms with Crippen molar-refractivity contribution in [3.8, 4) is 0 Å². The van der Waals surface area contributed by atoms with Crippen molar-refractivity contribution in [3.05, 3.63) is 60.3 Å². The second kappa shape index (κ2) is 9.46. The predicted octanol–water partition coefficient (Wildman–Crippen LogP) is 4.04. The molecule has 9 heteroatoms. The van der Waals surface area contributed by atoms with E-state index in [2.05, 4.69) is 15.7 Å². The first kappa shape index (κ1) is 20.7. The monoisotopic (exact) mass is 410 g/mol. The number of urea groups is 1. The van der Waals surface area contributed by atoms with Crippen LogP contribution >= 0.6 is 0 Å². The molecule has 0 saturated carbocycles. The van der Waals surface area contributed by atoms with Crippen LogP contribution in [-0.4, -0.2) is 36.3 Å². The molecule has 9 nitrogen and oxygen atoms in total. The van der Waals surface area contributed by atoms with Gasteiger partial charge in [0.05, 0.1) is 13.2 Å². The molecule has 0 unspecified atom stereocenters. The fourth-order valence-electron chi connectivity index (χ4n) is 2.87. The molecule has 3 rings (SSSR count). The van der Waals surface area contributed by atoms with E-state index < -0.39 is 18.1 Å². The van der Waals surface area contributed by atoms with E-state index in [1.807, 2.05) is 6.07 Å². The van der Waals surface area contributed by atoms with Gasteiger partial charge in [0.15, 0.2) is 5.69 Å². The zero-order chi connectivity index (χ0) is 21.5. The highest BCUT2D eigenvalue weighted by molar-refractivity contribution is 6.14. The quantitative estimate of drug-likeness (QED) is 0.434. The number of para-hydroxylation sites is 2. The number of aromatic nitrogens is 1. The number of hydrazine groups is 1. The van der Waals surface area contributed by atoms with Gasteiger partial charge in [-0.1, -0.05) is 36.4 Å². The van der Waals surface area contributed by atoms with Crippen molar-refractivity contribution in [1.29, 1.82) is 0 Å². The van der Waals surface area contributed by atoms with Crippen LogP contribution in [0.15, 0.2) is 54.6 Å². The molecule has 0 spiro atoms. The van der Waals surface area contributed by atoms with E-state index in [1.165, 1.54) is 0 Å². The van der Waals surface area contributed by atoms with Crippen molar-refractivity contribution in [2.75, 3.05) is 23.5 Å². The summed E-state index contributed by atoms with van der Waals surface area (Å²) in [6.07, 6.45) is -0.846. The van der Waals surface area contributed by atoms with Crippen molar-refractivity contribution >= 4 is 40.4 Å². The highest BCUT2D eigenvalue weighted by Crippen LogP contribution is 2.31. The summed E-state index contributed by atoms with van der Waals surface area (Å²) < 4.78 is 10.1. The number of nitrogens with zero attached hydrogens (tertiary/aromatic N) is 1. The largest absolute Gasteiger partial charge is 0.461 e. The molecule has 2 aromatic carbocycles. The van der Waals surface area contributed by atoms with Gasteiger partial charge < -0.3 is 19.8 Å². The van der Waals surface area contributed by atoms with Crippen LogP contribution in [0.2, 0.25) is 0 Å². The Hall–Kier alpha value is -4.01. The van der Waals surface area contributed by atoms with Crippen molar-refractivity contribution in [3.63, 3.8) is 0 Å². The normalized spacial score (nSPS) is 10.3. The third kappa shape index (κ3) is 4.52. The number of rotatable bonds is 5. The maximum absolute atomic E-state index is 13.1. The van der Waals surface area contributed by atoms with Crippen LogP contribution < -0.4 is 15.8 Å². The lowest BCUT2D eigenvalue weighted by atomic mass is 10.2. The van der Waals surface area contributed by atoms with Gasteiger partial charge in [0.1, 0.15) is 5.69 Å². The van der Waals surface area contributed by atoms with Crippen LogP contribution in [0.25, 0.3) is 10.9 Å². The average molecular weight is 410 g/mol. The first-order valence-corrected chi connectivity index (χ1v) is 9.42. The van der Waals surface area contributed by atoms with Crippen molar-refractivity contribution < 1.29 is 23.9 Å². The zero-order valence-corrected chi connectivity index (χ0v) is 16.6. The van der Waals surface area contributed by atoms with Gasteiger partial charge >= 0.3 is 18.1 Å². The maximum atomic E-state index is 13.1. The van der Waals surface area contributed by atoms with Gasteiger partial charge in [0.2, 0.25) is 0 Å². The second-order valence-electron chi connectivity index (χ2n) is 6.08. The van der Waals surface area contributed by atoms with Crippen LogP contribution in [0.3, 0.4) is 0 Å². The number of anilines is 2. The molecule has 0 saturated heterocycles. The first-order valence-electron chi connectivity index (χ1n) is 9.42. The Kier molecular flexibility index (Phi) is 6.53. The van der Waals surface area contributed by atoms with Crippen LogP contribution in [0.1, 0.15) is 24.3 Å². The van der Waals surface area contributed by atoms with E-state index in [4.69, 9.17) is 9.47 Å². The van der Waals surface area contributed by atoms with Gasteiger partial charge in [-0.3, -0.25) is 0 Å². The smallest absolute Gasteiger partial charge is 0.426 e. The van der Waals surface area contributed by atoms with E-state index >= 15 is 0 Å². The third-order valence-corrected chi connectivity index (χ3v) is 4.09. The summed E-state index contributed by atoms with van der Waals surface area (Å²) in [5.41, 5.74) is 3.68. The Morgan fingerprint density at radius 2 is 1.60 bits per heavy atom. The van der Waals surface area contributed by atoms with Crippen molar-refractivity contribution in [1.82, 2.24) is 10.4 Å². The summed E-state index contributed by atoms with van der Waals surface area (Å²) in [5.74, 6) is -0.660. The Morgan fingerprint density at radius 3 is 2.30 bits per heavy atom. The fraction of sp³-hybridized carbons (Fsp3) is 0.190. The number of aromatic amines is 1. The molecule has 0 bridgehead atoms. The number of carbonyl (C=O) groups excluding carboxylic acids is 3. The lowest BCUT2D eigenvalue weighted by Crippen LogP contribution is -2.49. The van der Waals surface area contributed by atoms with E-state index in [9.17, 15) is 14.4 Å². The topological polar surface area (TPSA) is 113 Å². The molecule has 0 fully saturated rings. The van der Waals surface area contributed by atoms with Crippen molar-refractivity contribution in [2.24, 2.45) is 0 Å². The number of ether oxygens (including phenoxy) is 2. The molecule has 3 amide bonds. The van der Waals surface area contributed by atoms with Crippen LogP contribution in [0, 0.1) is 0 Å². The van der Waals surface area contributed by atoms with Gasteiger partial charge in [0, 0.05) is 16.6 Å². The van der Waals surface area contributed by atoms with Gasteiger partial charge in [-0.05, 0) is 32.0 Å². The average Bonchev–Trinajstić information content (AvgIpc) is 3.12. The summed E-state index contributed by atoms with van der Waals surface area (Å²) >= 11 is 0. The highest BCUT2D eigenvalue weighted by Gasteiger charge is 2.29. The maximum Gasteiger partial charge on any atom is 0.426 e. The molecule has 30 heavy (non-hydrogen) atoms. The van der Waals surface area contributed by atoms with E-state index in [0.29, 0.717) is 16.6 Å². The molecule has 3 N–H and O–H groups in total. The number of hydrogen-bond acceptors (Lipinski definition) is 5. The van der Waals surface area contributed by atoms with Gasteiger partial charge in [-0.2, -0.15) is 5.01 Å². The standard InChI is InChI=1S/C21H22N4O5/c1-3-29-19(26)17-18(15-12-8-9-13-16(15)23-17)25(24-21(28)30-4-2)20(27)22-14-10-6-5-7-11-14/h5-13,23H,3-4H2,1-2H3,(H,22,27)(H,24,28). The Morgan fingerprint density at radius 1 is 0.933 bits per heavy atom. The Balaban J connectivity index is 2.08. The van der Waals surface area contributed by atoms with Gasteiger partial charge in [-0.25, -0.2) is 19.8 Å². The van der Waals surface area contributed by atoms with E-state index in [1.54, 1.807) is 62.4 Å². The number of amides is 3. The molecule has 0 atom stereocenters. The molecule has 0 radical (unpaired) electrons. The number of nitrogens with one attached hydrogen (secondary N) is 3. The highest BCUT2D eigenvalue weighted by atomic mass is 16.6.